The van der Waals surface area contributed by atoms with Crippen LogP contribution in [0.2, 0.25) is 0 Å². The fourth-order valence-corrected chi connectivity index (χ4v) is 2.87. The molecule has 3 rings (SSSR count). The van der Waals surface area contributed by atoms with E-state index < -0.39 is 4.92 Å². The Morgan fingerprint density at radius 1 is 1.25 bits per heavy atom. The third-order valence-corrected chi connectivity index (χ3v) is 3.91. The van der Waals surface area contributed by atoms with Gasteiger partial charge in [0.15, 0.2) is 0 Å². The molecule has 6 heteroatoms. The monoisotopic (exact) mass is 324 g/mol. The van der Waals surface area contributed by atoms with Gasteiger partial charge in [0, 0.05) is 40.7 Å². The summed E-state index contributed by atoms with van der Waals surface area (Å²) in [5, 5.41) is 11.9. The van der Waals surface area contributed by atoms with Crippen LogP contribution in [0.1, 0.15) is 12.6 Å². The zero-order valence-corrected chi connectivity index (χ0v) is 13.1. The largest absolute Gasteiger partial charge is 0.464 e. The number of H-pyrrole nitrogens is 1. The molecule has 0 aliphatic heterocycles. The van der Waals surface area contributed by atoms with E-state index in [4.69, 9.17) is 4.74 Å². The van der Waals surface area contributed by atoms with Gasteiger partial charge in [0.05, 0.1) is 4.92 Å². The zero-order chi connectivity index (χ0) is 17.1. The van der Waals surface area contributed by atoms with Crippen molar-refractivity contribution < 1.29 is 14.5 Å². The fourth-order valence-electron chi connectivity index (χ4n) is 2.87. The van der Waals surface area contributed by atoms with Crippen molar-refractivity contribution in [2.75, 3.05) is 0 Å². The second-order valence-corrected chi connectivity index (χ2v) is 5.58. The standard InChI is InChI=1S/C18H16N2O4/c1-12(24-11-21)9-17-18(13-5-3-2-4-6-13)15-10-14(20(22)23)7-8-16(15)19-17/h2-8,10-12,19H,9H2,1H3. The van der Waals surface area contributed by atoms with Crippen molar-refractivity contribution >= 4 is 23.1 Å². The van der Waals surface area contributed by atoms with E-state index in [0.29, 0.717) is 12.9 Å². The molecule has 6 nitrogen and oxygen atoms in total. The summed E-state index contributed by atoms with van der Waals surface area (Å²) >= 11 is 0. The molecule has 1 unspecified atom stereocenters. The highest BCUT2D eigenvalue weighted by molar-refractivity contribution is 5.98. The predicted octanol–water partition coefficient (Wildman–Crippen LogP) is 3.85. The average Bonchev–Trinajstić information content (AvgIpc) is 2.92. The summed E-state index contributed by atoms with van der Waals surface area (Å²) in [6, 6.07) is 14.4. The van der Waals surface area contributed by atoms with Gasteiger partial charge in [0.25, 0.3) is 12.2 Å². The molecule has 3 aromatic rings. The number of rotatable bonds is 6. The van der Waals surface area contributed by atoms with E-state index in [2.05, 4.69) is 4.98 Å². The second-order valence-electron chi connectivity index (χ2n) is 5.58. The number of carbonyl (C=O) groups excluding carboxylic acids is 1. The number of hydrogen-bond donors (Lipinski definition) is 1. The molecule has 24 heavy (non-hydrogen) atoms. The van der Waals surface area contributed by atoms with Crippen molar-refractivity contribution in [2.45, 2.75) is 19.4 Å². The van der Waals surface area contributed by atoms with E-state index in [1.807, 2.05) is 30.3 Å². The van der Waals surface area contributed by atoms with Crippen molar-refractivity contribution in [2.24, 2.45) is 0 Å². The average molecular weight is 324 g/mol. The summed E-state index contributed by atoms with van der Waals surface area (Å²) in [6.45, 7) is 2.23. The Morgan fingerprint density at radius 2 is 2.00 bits per heavy atom. The molecule has 0 radical (unpaired) electrons. The molecule has 0 aliphatic rings. The Morgan fingerprint density at radius 3 is 2.67 bits per heavy atom. The first-order valence-electron chi connectivity index (χ1n) is 7.53. The highest BCUT2D eigenvalue weighted by atomic mass is 16.6. The number of nitro benzene ring substituents is 1. The fraction of sp³-hybridized carbons (Fsp3) is 0.167. The predicted molar refractivity (Wildman–Crippen MR) is 90.7 cm³/mol. The number of aromatic amines is 1. The number of aromatic nitrogens is 1. The molecular formula is C18H16N2O4. The molecule has 1 heterocycles. The van der Waals surface area contributed by atoms with Gasteiger partial charge in [-0.05, 0) is 18.6 Å². The van der Waals surface area contributed by atoms with E-state index in [0.717, 1.165) is 27.7 Å². The van der Waals surface area contributed by atoms with E-state index in [1.54, 1.807) is 19.1 Å². The lowest BCUT2D eigenvalue weighted by atomic mass is 9.99. The molecule has 0 amide bonds. The molecule has 1 aromatic heterocycles. The lowest BCUT2D eigenvalue weighted by molar-refractivity contribution is -0.384. The van der Waals surface area contributed by atoms with Crippen LogP contribution in [0.5, 0.6) is 0 Å². The number of carbonyl (C=O) groups is 1. The number of benzene rings is 2. The maximum Gasteiger partial charge on any atom is 0.293 e. The van der Waals surface area contributed by atoms with Gasteiger partial charge in [-0.2, -0.15) is 0 Å². The van der Waals surface area contributed by atoms with Gasteiger partial charge in [-0.1, -0.05) is 30.3 Å². The minimum atomic E-state index is -0.404. The Labute approximate surface area is 138 Å². The number of ether oxygens (including phenoxy) is 1. The number of nitrogens with one attached hydrogen (secondary N) is 1. The van der Waals surface area contributed by atoms with Crippen LogP contribution in [0.15, 0.2) is 48.5 Å². The maximum absolute atomic E-state index is 11.1. The second kappa shape index (κ2) is 6.54. The quantitative estimate of drug-likeness (QED) is 0.424. The van der Waals surface area contributed by atoms with Gasteiger partial charge >= 0.3 is 0 Å². The third-order valence-electron chi connectivity index (χ3n) is 3.91. The first kappa shape index (κ1) is 15.7. The molecule has 0 saturated heterocycles. The number of fused-ring (bicyclic) bond motifs is 1. The Kier molecular flexibility index (Phi) is 4.29. The topological polar surface area (TPSA) is 85.2 Å². The molecule has 1 atom stereocenters. The molecule has 2 aromatic carbocycles. The van der Waals surface area contributed by atoms with Crippen molar-refractivity contribution in [3.63, 3.8) is 0 Å². The molecular weight excluding hydrogens is 308 g/mol. The summed E-state index contributed by atoms with van der Waals surface area (Å²) < 4.78 is 4.99. The van der Waals surface area contributed by atoms with Crippen LogP contribution in [0.3, 0.4) is 0 Å². The SMILES string of the molecule is CC(Cc1[nH]c2ccc([N+](=O)[O-])cc2c1-c1ccccc1)OC=O. The summed E-state index contributed by atoms with van der Waals surface area (Å²) in [6.07, 6.45) is 0.193. The summed E-state index contributed by atoms with van der Waals surface area (Å²) in [5.41, 5.74) is 3.59. The lowest BCUT2D eigenvalue weighted by Gasteiger charge is -2.10. The molecule has 122 valence electrons. The normalized spacial score (nSPS) is 12.0. The van der Waals surface area contributed by atoms with Gasteiger partial charge in [-0.3, -0.25) is 14.9 Å². The molecule has 0 bridgehead atoms. The lowest BCUT2D eigenvalue weighted by Crippen LogP contribution is -2.11. The van der Waals surface area contributed by atoms with Crippen LogP contribution in [0, 0.1) is 10.1 Å². The zero-order valence-electron chi connectivity index (χ0n) is 13.1. The van der Waals surface area contributed by atoms with E-state index in [9.17, 15) is 14.9 Å². The smallest absolute Gasteiger partial charge is 0.293 e. The van der Waals surface area contributed by atoms with E-state index >= 15 is 0 Å². The van der Waals surface area contributed by atoms with Gasteiger partial charge in [-0.25, -0.2) is 0 Å². The van der Waals surface area contributed by atoms with Gasteiger partial charge in [0.1, 0.15) is 6.10 Å². The molecule has 0 aliphatic carbocycles. The van der Waals surface area contributed by atoms with Crippen molar-refractivity contribution in [3.8, 4) is 11.1 Å². The highest BCUT2D eigenvalue weighted by Gasteiger charge is 2.18. The number of nitrogens with zero attached hydrogens (tertiary/aromatic N) is 1. The van der Waals surface area contributed by atoms with Crippen molar-refractivity contribution in [3.05, 3.63) is 64.3 Å². The van der Waals surface area contributed by atoms with Gasteiger partial charge in [-0.15, -0.1) is 0 Å². The summed E-state index contributed by atoms with van der Waals surface area (Å²) in [5.74, 6) is 0. The first-order chi connectivity index (χ1) is 11.6. The maximum atomic E-state index is 11.1. The van der Waals surface area contributed by atoms with E-state index in [-0.39, 0.29) is 11.8 Å². The minimum absolute atomic E-state index is 0.0439. The number of non-ortho nitro benzene ring substituents is 1. The van der Waals surface area contributed by atoms with Crippen LogP contribution in [-0.2, 0) is 16.0 Å². The van der Waals surface area contributed by atoms with Crippen LogP contribution >= 0.6 is 0 Å². The van der Waals surface area contributed by atoms with Crippen molar-refractivity contribution in [1.82, 2.24) is 4.98 Å². The van der Waals surface area contributed by atoms with Crippen molar-refractivity contribution in [1.29, 1.82) is 0 Å². The molecule has 0 fully saturated rings. The van der Waals surface area contributed by atoms with Crippen LogP contribution < -0.4 is 0 Å². The highest BCUT2D eigenvalue weighted by Crippen LogP contribution is 2.35. The summed E-state index contributed by atoms with van der Waals surface area (Å²) in [7, 11) is 0. The van der Waals surface area contributed by atoms with E-state index in [1.165, 1.54) is 6.07 Å². The minimum Gasteiger partial charge on any atom is -0.464 e. The molecule has 1 N–H and O–H groups in total. The Bertz CT molecular complexity index is 887. The number of hydrogen-bond acceptors (Lipinski definition) is 4. The number of nitro groups is 1. The first-order valence-corrected chi connectivity index (χ1v) is 7.53. The van der Waals surface area contributed by atoms with Crippen LogP contribution in [0.4, 0.5) is 5.69 Å². The molecule has 0 spiro atoms. The van der Waals surface area contributed by atoms with Crippen LogP contribution in [-0.4, -0.2) is 22.5 Å². The Hall–Kier alpha value is -3.15. The van der Waals surface area contributed by atoms with Gasteiger partial charge < -0.3 is 9.72 Å². The third kappa shape index (κ3) is 2.99. The van der Waals surface area contributed by atoms with Gasteiger partial charge in [0.2, 0.25) is 0 Å². The summed E-state index contributed by atoms with van der Waals surface area (Å²) in [4.78, 5) is 24.5. The molecule has 0 saturated carbocycles. The van der Waals surface area contributed by atoms with Crippen LogP contribution in [0.25, 0.3) is 22.0 Å². The Balaban J connectivity index is 2.19.